The zero-order chi connectivity index (χ0) is 17.4. The average Bonchev–Trinajstić information content (AvgIpc) is 3.17. The van der Waals surface area contributed by atoms with Crippen LogP contribution in [0.4, 0.5) is 4.39 Å². The third-order valence-corrected chi connectivity index (χ3v) is 4.42. The van der Waals surface area contributed by atoms with Crippen LogP contribution in [0.1, 0.15) is 29.4 Å². The number of fused-ring (bicyclic) bond motifs is 1. The fraction of sp³-hybridized carbons (Fsp3) is 0.150. The molecule has 2 N–H and O–H groups in total. The summed E-state index contributed by atoms with van der Waals surface area (Å²) in [5.74, 6) is -2.22. The van der Waals surface area contributed by atoms with Crippen LogP contribution in [0, 0.1) is 0 Å². The van der Waals surface area contributed by atoms with Crippen LogP contribution < -0.4 is 5.48 Å². The minimum absolute atomic E-state index is 0.0724. The van der Waals surface area contributed by atoms with Crippen LogP contribution in [0.25, 0.3) is 16.6 Å². The normalized spacial score (nSPS) is 20.1. The number of alkyl halides is 1. The van der Waals surface area contributed by atoms with Gasteiger partial charge < -0.3 is 4.98 Å². The quantitative estimate of drug-likeness (QED) is 0.696. The van der Waals surface area contributed by atoms with Crippen LogP contribution in [0.2, 0.25) is 0 Å². The van der Waals surface area contributed by atoms with Crippen LogP contribution in [-0.4, -0.2) is 16.6 Å². The number of benzene rings is 2. The van der Waals surface area contributed by atoms with Crippen LogP contribution in [0.15, 0.2) is 66.2 Å². The molecule has 4 nitrogen and oxygen atoms in total. The van der Waals surface area contributed by atoms with Gasteiger partial charge in [-0.25, -0.2) is 9.23 Å². The Labute approximate surface area is 144 Å². The average molecular weight is 336 g/mol. The van der Waals surface area contributed by atoms with Crippen molar-refractivity contribution in [2.24, 2.45) is 0 Å². The van der Waals surface area contributed by atoms with E-state index in [1.54, 1.807) is 6.07 Å². The molecule has 0 radical (unpaired) electrons. The first-order valence-electron chi connectivity index (χ1n) is 8.07. The number of H-pyrrole nitrogens is 1. The van der Waals surface area contributed by atoms with Crippen molar-refractivity contribution < 1.29 is 14.0 Å². The van der Waals surface area contributed by atoms with E-state index in [0.29, 0.717) is 17.0 Å². The van der Waals surface area contributed by atoms with Gasteiger partial charge in [-0.2, -0.15) is 0 Å². The molecule has 2 heterocycles. The van der Waals surface area contributed by atoms with Crippen molar-refractivity contribution in [2.75, 3.05) is 0 Å². The predicted octanol–water partition coefficient (Wildman–Crippen LogP) is 4.37. The van der Waals surface area contributed by atoms with Crippen LogP contribution in [-0.2, 0) is 4.84 Å². The third kappa shape index (κ3) is 2.83. The SMILES string of the molecule is CC1(F)ONC(c2ccccc2)=C1CC(=O)c1cc2ccccc2[nH]1. The third-order valence-electron chi connectivity index (χ3n) is 4.42. The fourth-order valence-corrected chi connectivity index (χ4v) is 3.06. The highest BCUT2D eigenvalue weighted by Crippen LogP contribution is 2.37. The van der Waals surface area contributed by atoms with Crippen molar-refractivity contribution >= 4 is 22.4 Å². The minimum Gasteiger partial charge on any atom is -0.352 e. The first kappa shape index (κ1) is 15.6. The van der Waals surface area contributed by atoms with Crippen molar-refractivity contribution in [1.82, 2.24) is 10.5 Å². The van der Waals surface area contributed by atoms with Gasteiger partial charge in [-0.1, -0.05) is 48.5 Å². The first-order valence-corrected chi connectivity index (χ1v) is 8.07. The number of carbonyl (C=O) groups excluding carboxylic acids is 1. The van der Waals surface area contributed by atoms with E-state index in [0.717, 1.165) is 16.5 Å². The number of rotatable bonds is 4. The second-order valence-electron chi connectivity index (χ2n) is 6.21. The Hall–Kier alpha value is -2.92. The molecule has 0 spiro atoms. The zero-order valence-electron chi connectivity index (χ0n) is 13.7. The summed E-state index contributed by atoms with van der Waals surface area (Å²) in [6.07, 6.45) is -0.0724. The van der Waals surface area contributed by atoms with Gasteiger partial charge in [-0.05, 0) is 12.1 Å². The topological polar surface area (TPSA) is 54.1 Å². The fourth-order valence-electron chi connectivity index (χ4n) is 3.06. The molecule has 3 aromatic rings. The Kier molecular flexibility index (Phi) is 3.66. The van der Waals surface area contributed by atoms with Crippen LogP contribution in [0.5, 0.6) is 0 Å². The Bertz CT molecular complexity index is 941. The number of carbonyl (C=O) groups is 1. The molecule has 4 rings (SSSR count). The van der Waals surface area contributed by atoms with E-state index in [2.05, 4.69) is 10.5 Å². The highest BCUT2D eigenvalue weighted by molar-refractivity contribution is 6.01. The number of hydrogen-bond acceptors (Lipinski definition) is 3. The van der Waals surface area contributed by atoms with Gasteiger partial charge in [0, 0.05) is 35.4 Å². The lowest BCUT2D eigenvalue weighted by atomic mass is 9.96. The highest BCUT2D eigenvalue weighted by Gasteiger charge is 2.40. The summed E-state index contributed by atoms with van der Waals surface area (Å²) >= 11 is 0. The zero-order valence-corrected chi connectivity index (χ0v) is 13.7. The highest BCUT2D eigenvalue weighted by atomic mass is 19.2. The van der Waals surface area contributed by atoms with E-state index in [1.807, 2.05) is 54.6 Å². The van der Waals surface area contributed by atoms with Crippen molar-refractivity contribution in [3.05, 3.63) is 77.5 Å². The van der Waals surface area contributed by atoms with Gasteiger partial charge in [0.1, 0.15) is 0 Å². The second-order valence-corrected chi connectivity index (χ2v) is 6.21. The molecular weight excluding hydrogens is 319 g/mol. The van der Waals surface area contributed by atoms with Crippen LogP contribution in [0.3, 0.4) is 0 Å². The molecule has 1 aliphatic rings. The summed E-state index contributed by atoms with van der Waals surface area (Å²) in [6, 6.07) is 18.7. The Balaban J connectivity index is 1.70. The largest absolute Gasteiger partial charge is 0.352 e. The van der Waals surface area contributed by atoms with E-state index < -0.39 is 5.85 Å². The number of hydroxylamine groups is 1. The monoisotopic (exact) mass is 336 g/mol. The standard InChI is InChI=1S/C20H17FN2O2/c1-20(21)15(19(23-25-20)13-7-3-2-4-8-13)12-18(24)17-11-14-9-5-6-10-16(14)22-17/h2-11,22-23H,12H2,1H3. The molecule has 2 aromatic carbocycles. The predicted molar refractivity (Wildman–Crippen MR) is 94.3 cm³/mol. The maximum atomic E-state index is 14.8. The van der Waals surface area contributed by atoms with E-state index >= 15 is 0 Å². The number of nitrogens with one attached hydrogen (secondary N) is 2. The van der Waals surface area contributed by atoms with Gasteiger partial charge in [0.05, 0.1) is 11.4 Å². The van der Waals surface area contributed by atoms with Gasteiger partial charge in [0.15, 0.2) is 5.78 Å². The maximum Gasteiger partial charge on any atom is 0.254 e. The number of ketones is 1. The van der Waals surface area contributed by atoms with Gasteiger partial charge in [0.2, 0.25) is 0 Å². The Morgan fingerprint density at radius 2 is 1.84 bits per heavy atom. The maximum absolute atomic E-state index is 14.8. The molecule has 126 valence electrons. The molecule has 1 atom stereocenters. The summed E-state index contributed by atoms with van der Waals surface area (Å²) in [5.41, 5.74) is 5.57. The number of Topliss-reactive ketones (excluding diaryl/α,β-unsaturated/α-hetero) is 1. The molecule has 0 aliphatic carbocycles. The molecule has 0 fully saturated rings. The molecule has 1 aromatic heterocycles. The molecule has 0 bridgehead atoms. The molecule has 25 heavy (non-hydrogen) atoms. The lowest BCUT2D eigenvalue weighted by Crippen LogP contribution is -2.24. The molecule has 5 heteroatoms. The van der Waals surface area contributed by atoms with Crippen LogP contribution >= 0.6 is 0 Å². The minimum atomic E-state index is -2.03. The van der Waals surface area contributed by atoms with Gasteiger partial charge in [0.25, 0.3) is 5.85 Å². The number of aromatic amines is 1. The smallest absolute Gasteiger partial charge is 0.254 e. The van der Waals surface area contributed by atoms with Crippen molar-refractivity contribution in [3.63, 3.8) is 0 Å². The Morgan fingerprint density at radius 3 is 2.60 bits per heavy atom. The number of aromatic nitrogens is 1. The van der Waals surface area contributed by atoms with Gasteiger partial charge >= 0.3 is 0 Å². The van der Waals surface area contributed by atoms with Crippen molar-refractivity contribution in [2.45, 2.75) is 19.2 Å². The van der Waals surface area contributed by atoms with Crippen molar-refractivity contribution in [3.8, 4) is 0 Å². The molecular formula is C20H17FN2O2. The van der Waals surface area contributed by atoms with Gasteiger partial charge in [-0.15, -0.1) is 0 Å². The molecule has 1 aliphatic heterocycles. The lowest BCUT2D eigenvalue weighted by molar-refractivity contribution is -0.117. The molecule has 0 saturated carbocycles. The number of halogens is 1. The summed E-state index contributed by atoms with van der Waals surface area (Å²) in [5, 5.41) is 0.951. The van der Waals surface area contributed by atoms with Gasteiger partial charge in [-0.3, -0.25) is 10.3 Å². The Morgan fingerprint density at radius 1 is 1.12 bits per heavy atom. The first-order chi connectivity index (χ1) is 12.0. The van der Waals surface area contributed by atoms with Crippen molar-refractivity contribution in [1.29, 1.82) is 0 Å². The second kappa shape index (κ2) is 5.86. The van der Waals surface area contributed by atoms with E-state index in [-0.39, 0.29) is 12.2 Å². The van der Waals surface area contributed by atoms with E-state index in [9.17, 15) is 9.18 Å². The van der Waals surface area contributed by atoms with E-state index in [1.165, 1.54) is 6.92 Å². The number of hydrogen-bond donors (Lipinski definition) is 2. The van der Waals surface area contributed by atoms with E-state index in [4.69, 9.17) is 4.84 Å². The lowest BCUT2D eigenvalue weighted by Gasteiger charge is -2.14. The summed E-state index contributed by atoms with van der Waals surface area (Å²) in [4.78, 5) is 20.9. The number of para-hydroxylation sites is 1. The molecule has 0 amide bonds. The molecule has 1 unspecified atom stereocenters. The summed E-state index contributed by atoms with van der Waals surface area (Å²) in [7, 11) is 0. The summed E-state index contributed by atoms with van der Waals surface area (Å²) < 4.78 is 14.8. The summed E-state index contributed by atoms with van der Waals surface area (Å²) in [6.45, 7) is 1.31. The molecule has 0 saturated heterocycles.